The van der Waals surface area contributed by atoms with Gasteiger partial charge < -0.3 is 5.11 Å². The SMILES string of the molecule is Cc1nccc2cc([Si](C)(C)C)cc(O)c12. The Morgan fingerprint density at radius 1 is 1.19 bits per heavy atom. The van der Waals surface area contributed by atoms with E-state index in [1.807, 2.05) is 19.1 Å². The lowest BCUT2D eigenvalue weighted by Gasteiger charge is -2.18. The van der Waals surface area contributed by atoms with Crippen LogP contribution in [0.25, 0.3) is 10.8 Å². The van der Waals surface area contributed by atoms with Crippen molar-refractivity contribution in [3.63, 3.8) is 0 Å². The largest absolute Gasteiger partial charge is 0.507 e. The van der Waals surface area contributed by atoms with Gasteiger partial charge in [-0.05, 0) is 24.4 Å². The third-order valence-electron chi connectivity index (χ3n) is 2.90. The Bertz CT molecular complexity index is 543. The number of hydrogen-bond donors (Lipinski definition) is 1. The van der Waals surface area contributed by atoms with Crippen LogP contribution in [0.1, 0.15) is 5.69 Å². The zero-order valence-electron chi connectivity index (χ0n) is 10.2. The number of hydrogen-bond acceptors (Lipinski definition) is 2. The van der Waals surface area contributed by atoms with Crippen molar-refractivity contribution in [1.29, 1.82) is 0 Å². The zero-order valence-corrected chi connectivity index (χ0v) is 11.2. The van der Waals surface area contributed by atoms with E-state index < -0.39 is 8.07 Å². The van der Waals surface area contributed by atoms with Gasteiger partial charge in [0, 0.05) is 17.3 Å². The fraction of sp³-hybridized carbons (Fsp3) is 0.308. The summed E-state index contributed by atoms with van der Waals surface area (Å²) in [6, 6.07) is 6.06. The molecule has 2 rings (SSSR count). The number of pyridine rings is 1. The molecule has 0 aliphatic heterocycles. The maximum Gasteiger partial charge on any atom is 0.125 e. The lowest BCUT2D eigenvalue weighted by molar-refractivity contribution is 0.481. The lowest BCUT2D eigenvalue weighted by atomic mass is 10.1. The monoisotopic (exact) mass is 231 g/mol. The summed E-state index contributed by atoms with van der Waals surface area (Å²) in [5.74, 6) is 0.362. The second-order valence-electron chi connectivity index (χ2n) is 5.24. The van der Waals surface area contributed by atoms with Crippen molar-refractivity contribution in [1.82, 2.24) is 4.98 Å². The molecule has 16 heavy (non-hydrogen) atoms. The standard InChI is InChI=1S/C13H17NOSi/c1-9-13-10(5-6-14-9)7-11(8-12(13)15)16(2,3)4/h5-8,15H,1-4H3. The first-order valence-corrected chi connectivity index (χ1v) is 8.98. The highest BCUT2D eigenvalue weighted by Crippen LogP contribution is 2.26. The zero-order chi connectivity index (χ0) is 11.9. The molecule has 0 bridgehead atoms. The van der Waals surface area contributed by atoms with Gasteiger partial charge in [0.1, 0.15) is 5.75 Å². The molecule has 0 atom stereocenters. The number of rotatable bonds is 1. The highest BCUT2D eigenvalue weighted by Gasteiger charge is 2.18. The molecule has 2 aromatic rings. The van der Waals surface area contributed by atoms with E-state index in [1.54, 1.807) is 6.20 Å². The molecule has 1 aromatic carbocycles. The number of benzene rings is 1. The number of phenols is 1. The predicted octanol–water partition coefficient (Wildman–Crippen LogP) is 2.79. The molecule has 0 spiro atoms. The molecule has 0 aliphatic rings. The van der Waals surface area contributed by atoms with E-state index in [1.165, 1.54) is 5.19 Å². The first-order valence-electron chi connectivity index (χ1n) is 5.48. The van der Waals surface area contributed by atoms with Crippen molar-refractivity contribution in [2.24, 2.45) is 0 Å². The van der Waals surface area contributed by atoms with Crippen molar-refractivity contribution in [3.8, 4) is 5.75 Å². The molecule has 0 amide bonds. The topological polar surface area (TPSA) is 33.1 Å². The van der Waals surface area contributed by atoms with Crippen molar-refractivity contribution in [2.45, 2.75) is 26.6 Å². The Morgan fingerprint density at radius 2 is 1.88 bits per heavy atom. The number of fused-ring (bicyclic) bond motifs is 1. The summed E-state index contributed by atoms with van der Waals surface area (Å²) < 4.78 is 0. The summed E-state index contributed by atoms with van der Waals surface area (Å²) >= 11 is 0. The van der Waals surface area contributed by atoms with Gasteiger partial charge in [-0.15, -0.1) is 0 Å². The smallest absolute Gasteiger partial charge is 0.125 e. The third kappa shape index (κ3) is 1.83. The average molecular weight is 231 g/mol. The van der Waals surface area contributed by atoms with E-state index in [-0.39, 0.29) is 0 Å². The summed E-state index contributed by atoms with van der Waals surface area (Å²) in [4.78, 5) is 4.21. The Hall–Kier alpha value is -1.35. The summed E-state index contributed by atoms with van der Waals surface area (Å²) in [6.07, 6.45) is 1.80. The molecule has 1 N–H and O–H groups in total. The molecular weight excluding hydrogens is 214 g/mol. The fourth-order valence-corrected chi connectivity index (χ4v) is 3.06. The maximum atomic E-state index is 10.1. The van der Waals surface area contributed by atoms with Crippen LogP contribution in [0.2, 0.25) is 19.6 Å². The Kier molecular flexibility index (Phi) is 2.50. The van der Waals surface area contributed by atoms with Crippen LogP contribution in [0.4, 0.5) is 0 Å². The molecule has 2 nitrogen and oxygen atoms in total. The van der Waals surface area contributed by atoms with Crippen molar-refractivity contribution >= 4 is 24.0 Å². The fourth-order valence-electron chi connectivity index (χ4n) is 1.90. The maximum absolute atomic E-state index is 10.1. The number of nitrogens with zero attached hydrogens (tertiary/aromatic N) is 1. The molecule has 1 aromatic heterocycles. The van der Waals surface area contributed by atoms with Gasteiger partial charge >= 0.3 is 0 Å². The molecule has 84 valence electrons. The van der Waals surface area contributed by atoms with Gasteiger partial charge in [-0.2, -0.15) is 0 Å². The van der Waals surface area contributed by atoms with Crippen LogP contribution in [-0.2, 0) is 0 Å². The van der Waals surface area contributed by atoms with Crippen LogP contribution in [0.5, 0.6) is 5.75 Å². The third-order valence-corrected chi connectivity index (χ3v) is 4.92. The van der Waals surface area contributed by atoms with E-state index >= 15 is 0 Å². The van der Waals surface area contributed by atoms with E-state index in [9.17, 15) is 5.11 Å². The Labute approximate surface area is 97.0 Å². The summed E-state index contributed by atoms with van der Waals surface area (Å²) in [5, 5.41) is 13.3. The highest BCUT2D eigenvalue weighted by molar-refractivity contribution is 6.88. The molecule has 0 saturated heterocycles. The first-order chi connectivity index (χ1) is 7.39. The molecular formula is C13H17NOSi. The summed E-state index contributed by atoms with van der Waals surface area (Å²) in [7, 11) is -1.38. The van der Waals surface area contributed by atoms with E-state index in [4.69, 9.17) is 0 Å². The lowest BCUT2D eigenvalue weighted by Crippen LogP contribution is -2.37. The average Bonchev–Trinajstić information content (AvgIpc) is 2.15. The highest BCUT2D eigenvalue weighted by atomic mass is 28.3. The minimum absolute atomic E-state index is 0.362. The predicted molar refractivity (Wildman–Crippen MR) is 71.1 cm³/mol. The molecule has 0 unspecified atom stereocenters. The van der Waals surface area contributed by atoms with Crippen LogP contribution in [-0.4, -0.2) is 18.2 Å². The molecule has 0 radical (unpaired) electrons. The molecule has 3 heteroatoms. The normalized spacial score (nSPS) is 12.0. The van der Waals surface area contributed by atoms with Crippen LogP contribution >= 0.6 is 0 Å². The summed E-state index contributed by atoms with van der Waals surface area (Å²) in [6.45, 7) is 8.77. The Morgan fingerprint density at radius 3 is 2.50 bits per heavy atom. The van der Waals surface area contributed by atoms with Gasteiger partial charge in [0.15, 0.2) is 0 Å². The van der Waals surface area contributed by atoms with Crippen molar-refractivity contribution in [2.75, 3.05) is 0 Å². The van der Waals surface area contributed by atoms with Gasteiger partial charge in [-0.3, -0.25) is 4.98 Å². The molecule has 1 heterocycles. The second kappa shape index (κ2) is 3.59. The van der Waals surface area contributed by atoms with Gasteiger partial charge in [0.05, 0.1) is 8.07 Å². The molecule has 0 saturated carbocycles. The van der Waals surface area contributed by atoms with Crippen LogP contribution < -0.4 is 5.19 Å². The van der Waals surface area contributed by atoms with Gasteiger partial charge in [0.25, 0.3) is 0 Å². The van der Waals surface area contributed by atoms with Gasteiger partial charge in [-0.1, -0.05) is 30.9 Å². The van der Waals surface area contributed by atoms with Crippen molar-refractivity contribution in [3.05, 3.63) is 30.1 Å². The molecule has 0 fully saturated rings. The second-order valence-corrected chi connectivity index (χ2v) is 10.3. The van der Waals surface area contributed by atoms with Crippen LogP contribution in [0, 0.1) is 6.92 Å². The van der Waals surface area contributed by atoms with Crippen LogP contribution in [0.3, 0.4) is 0 Å². The van der Waals surface area contributed by atoms with E-state index in [2.05, 4.69) is 30.7 Å². The quantitative estimate of drug-likeness (QED) is 0.766. The number of aromatic nitrogens is 1. The first kappa shape index (κ1) is 11.1. The number of phenolic OH excluding ortho intramolecular Hbond substituents is 1. The van der Waals surface area contributed by atoms with Crippen molar-refractivity contribution < 1.29 is 5.11 Å². The van der Waals surface area contributed by atoms with Gasteiger partial charge in [0.2, 0.25) is 0 Å². The number of aryl methyl sites for hydroxylation is 1. The number of aromatic hydroxyl groups is 1. The van der Waals surface area contributed by atoms with E-state index in [0.29, 0.717) is 5.75 Å². The minimum Gasteiger partial charge on any atom is -0.507 e. The van der Waals surface area contributed by atoms with E-state index in [0.717, 1.165) is 16.5 Å². The Balaban J connectivity index is 2.79. The van der Waals surface area contributed by atoms with Crippen LogP contribution in [0.15, 0.2) is 24.4 Å². The summed E-state index contributed by atoms with van der Waals surface area (Å²) in [5.41, 5.74) is 0.886. The van der Waals surface area contributed by atoms with Gasteiger partial charge in [-0.25, -0.2) is 0 Å². The minimum atomic E-state index is -1.38. The molecule has 0 aliphatic carbocycles.